The number of carbonyl (C=O) groups is 1. The molecule has 0 N–H and O–H groups in total. The number of hydrogen-bond acceptors (Lipinski definition) is 1. The summed E-state index contributed by atoms with van der Waals surface area (Å²) in [5, 5.41) is 0. The topological polar surface area (TPSA) is 20.3 Å². The largest absolute Gasteiger partial charge is 0.349 e. The van der Waals surface area contributed by atoms with Gasteiger partial charge in [0, 0.05) is 20.0 Å². The number of nitrogens with zero attached hydrogens (tertiary/aromatic N) is 1. The molecule has 0 unspecified atom stereocenters. The summed E-state index contributed by atoms with van der Waals surface area (Å²) in [5.74, 6) is 0.329. The van der Waals surface area contributed by atoms with Crippen LogP contribution in [0.5, 0.6) is 0 Å². The van der Waals surface area contributed by atoms with Gasteiger partial charge in [0.25, 0.3) is 0 Å². The Morgan fingerprint density at radius 3 is 2.55 bits per heavy atom. The molecule has 11 heavy (non-hydrogen) atoms. The zero-order valence-corrected chi connectivity index (χ0v) is 7.63. The summed E-state index contributed by atoms with van der Waals surface area (Å²) in [6, 6.07) is 0. The molecule has 1 atom stereocenters. The molecule has 0 aromatic rings. The summed E-state index contributed by atoms with van der Waals surface area (Å²) < 4.78 is 0. The highest BCUT2D eigenvalue weighted by Crippen LogP contribution is 2.07. The van der Waals surface area contributed by atoms with Crippen LogP contribution in [0, 0.1) is 5.92 Å². The van der Waals surface area contributed by atoms with Gasteiger partial charge in [0.05, 0.1) is 0 Å². The van der Waals surface area contributed by atoms with E-state index in [-0.39, 0.29) is 11.8 Å². The van der Waals surface area contributed by atoms with Gasteiger partial charge in [-0.25, -0.2) is 0 Å². The number of amides is 1. The van der Waals surface area contributed by atoms with Crippen molar-refractivity contribution >= 4 is 5.91 Å². The molecule has 0 radical (unpaired) electrons. The highest BCUT2D eigenvalue weighted by molar-refractivity contribution is 5.77. The van der Waals surface area contributed by atoms with Crippen molar-refractivity contribution in [3.63, 3.8) is 0 Å². The van der Waals surface area contributed by atoms with E-state index in [2.05, 4.69) is 6.58 Å². The van der Waals surface area contributed by atoms with Crippen LogP contribution >= 0.6 is 0 Å². The first-order valence-corrected chi connectivity index (χ1v) is 3.91. The Labute approximate surface area is 68.9 Å². The van der Waals surface area contributed by atoms with E-state index in [1.54, 1.807) is 19.0 Å². The smallest absolute Gasteiger partial charge is 0.224 e. The molecule has 0 spiro atoms. The lowest BCUT2D eigenvalue weighted by Crippen LogP contribution is -2.27. The summed E-state index contributed by atoms with van der Waals surface area (Å²) in [6.07, 6.45) is 3.67. The fraction of sp³-hybridized carbons (Fsp3) is 0.667. The monoisotopic (exact) mass is 155 g/mol. The van der Waals surface area contributed by atoms with Crippen LogP contribution in [0.3, 0.4) is 0 Å². The van der Waals surface area contributed by atoms with E-state index < -0.39 is 0 Å². The van der Waals surface area contributed by atoms with Crippen LogP contribution < -0.4 is 0 Å². The molecule has 1 amide bonds. The summed E-state index contributed by atoms with van der Waals surface area (Å²) in [4.78, 5) is 12.9. The molecule has 0 bridgehead atoms. The Bertz CT molecular complexity index is 140. The van der Waals surface area contributed by atoms with Crippen LogP contribution in [0.1, 0.15) is 19.8 Å². The first-order chi connectivity index (χ1) is 5.09. The minimum atomic E-state index is 0.128. The maximum atomic E-state index is 11.2. The molecule has 0 aliphatic carbocycles. The fourth-order valence-corrected chi connectivity index (χ4v) is 0.932. The SMILES string of the molecule is C=CCC[C@@H](C)C(=O)N(C)C. The van der Waals surface area contributed by atoms with Gasteiger partial charge in [-0.1, -0.05) is 13.0 Å². The van der Waals surface area contributed by atoms with E-state index in [4.69, 9.17) is 0 Å². The molecule has 0 saturated carbocycles. The molecule has 0 aliphatic rings. The summed E-state index contributed by atoms with van der Waals surface area (Å²) in [5.41, 5.74) is 0. The summed E-state index contributed by atoms with van der Waals surface area (Å²) >= 11 is 0. The number of hydrogen-bond donors (Lipinski definition) is 0. The number of carbonyl (C=O) groups excluding carboxylic acids is 1. The van der Waals surface area contributed by atoms with Crippen LogP contribution in [-0.4, -0.2) is 24.9 Å². The van der Waals surface area contributed by atoms with Gasteiger partial charge in [0.1, 0.15) is 0 Å². The fourth-order valence-electron chi connectivity index (χ4n) is 0.932. The molecule has 2 heteroatoms. The van der Waals surface area contributed by atoms with Crippen molar-refractivity contribution in [3.8, 4) is 0 Å². The Kier molecular flexibility index (Phi) is 4.59. The molecule has 64 valence electrons. The van der Waals surface area contributed by atoms with Gasteiger partial charge in [-0.05, 0) is 12.8 Å². The van der Waals surface area contributed by atoms with Gasteiger partial charge >= 0.3 is 0 Å². The van der Waals surface area contributed by atoms with Crippen LogP contribution in [0.15, 0.2) is 12.7 Å². The van der Waals surface area contributed by atoms with Crippen molar-refractivity contribution in [2.75, 3.05) is 14.1 Å². The summed E-state index contributed by atoms with van der Waals surface area (Å²) in [6.45, 7) is 5.56. The van der Waals surface area contributed by atoms with Gasteiger partial charge < -0.3 is 4.90 Å². The van der Waals surface area contributed by atoms with Crippen LogP contribution in [0.25, 0.3) is 0 Å². The van der Waals surface area contributed by atoms with Crippen LogP contribution in [0.2, 0.25) is 0 Å². The minimum Gasteiger partial charge on any atom is -0.349 e. The highest BCUT2D eigenvalue weighted by Gasteiger charge is 2.12. The van der Waals surface area contributed by atoms with Crippen molar-refractivity contribution in [2.45, 2.75) is 19.8 Å². The van der Waals surface area contributed by atoms with E-state index in [1.807, 2.05) is 13.0 Å². The average Bonchev–Trinajstić information content (AvgIpc) is 1.98. The van der Waals surface area contributed by atoms with Crippen molar-refractivity contribution < 1.29 is 4.79 Å². The Hall–Kier alpha value is -0.790. The Balaban J connectivity index is 3.73. The maximum absolute atomic E-state index is 11.2. The molecule has 0 aliphatic heterocycles. The van der Waals surface area contributed by atoms with Crippen molar-refractivity contribution in [2.24, 2.45) is 5.92 Å². The van der Waals surface area contributed by atoms with Crippen molar-refractivity contribution in [1.82, 2.24) is 4.90 Å². The second kappa shape index (κ2) is 4.94. The van der Waals surface area contributed by atoms with Crippen LogP contribution in [-0.2, 0) is 4.79 Å². The third-order valence-electron chi connectivity index (χ3n) is 1.67. The molecular weight excluding hydrogens is 138 g/mol. The molecule has 0 saturated heterocycles. The lowest BCUT2D eigenvalue weighted by molar-refractivity contribution is -0.132. The van der Waals surface area contributed by atoms with E-state index in [0.29, 0.717) is 0 Å². The standard InChI is InChI=1S/C9H17NO/c1-5-6-7-8(2)9(11)10(3)4/h5,8H,1,6-7H2,2-4H3/t8-/m1/s1. The van der Waals surface area contributed by atoms with Gasteiger partial charge in [-0.15, -0.1) is 6.58 Å². The van der Waals surface area contributed by atoms with Gasteiger partial charge in [0.15, 0.2) is 0 Å². The molecule has 2 nitrogen and oxygen atoms in total. The van der Waals surface area contributed by atoms with Gasteiger partial charge in [-0.3, -0.25) is 4.79 Å². The molecule has 0 aromatic heterocycles. The first kappa shape index (κ1) is 10.2. The predicted molar refractivity (Wildman–Crippen MR) is 47.3 cm³/mol. The second-order valence-corrected chi connectivity index (χ2v) is 3.00. The third kappa shape index (κ3) is 3.81. The highest BCUT2D eigenvalue weighted by atomic mass is 16.2. The molecule has 0 heterocycles. The first-order valence-electron chi connectivity index (χ1n) is 3.91. The Morgan fingerprint density at radius 2 is 2.18 bits per heavy atom. The zero-order valence-electron chi connectivity index (χ0n) is 7.63. The van der Waals surface area contributed by atoms with Crippen molar-refractivity contribution in [1.29, 1.82) is 0 Å². The molecular formula is C9H17NO. The predicted octanol–water partition coefficient (Wildman–Crippen LogP) is 1.68. The van der Waals surface area contributed by atoms with E-state index >= 15 is 0 Å². The molecule has 0 rings (SSSR count). The lowest BCUT2D eigenvalue weighted by atomic mass is 10.0. The quantitative estimate of drug-likeness (QED) is 0.566. The van der Waals surface area contributed by atoms with E-state index in [9.17, 15) is 4.79 Å². The van der Waals surface area contributed by atoms with E-state index in [1.165, 1.54) is 0 Å². The van der Waals surface area contributed by atoms with Gasteiger partial charge in [0.2, 0.25) is 5.91 Å². The maximum Gasteiger partial charge on any atom is 0.224 e. The van der Waals surface area contributed by atoms with Gasteiger partial charge in [-0.2, -0.15) is 0 Å². The number of allylic oxidation sites excluding steroid dienone is 1. The zero-order chi connectivity index (χ0) is 8.85. The number of rotatable bonds is 4. The normalized spacial score (nSPS) is 12.3. The third-order valence-corrected chi connectivity index (χ3v) is 1.67. The molecule has 0 aromatic carbocycles. The molecule has 0 fully saturated rings. The van der Waals surface area contributed by atoms with Crippen LogP contribution in [0.4, 0.5) is 0 Å². The Morgan fingerprint density at radius 1 is 1.64 bits per heavy atom. The minimum absolute atomic E-state index is 0.128. The summed E-state index contributed by atoms with van der Waals surface area (Å²) in [7, 11) is 3.57. The van der Waals surface area contributed by atoms with E-state index in [0.717, 1.165) is 12.8 Å². The van der Waals surface area contributed by atoms with Crippen molar-refractivity contribution in [3.05, 3.63) is 12.7 Å². The second-order valence-electron chi connectivity index (χ2n) is 3.00. The average molecular weight is 155 g/mol. The lowest BCUT2D eigenvalue weighted by Gasteiger charge is -2.15.